The van der Waals surface area contributed by atoms with E-state index in [4.69, 9.17) is 32.5 Å². The highest BCUT2D eigenvalue weighted by atomic mass is 35.5. The van der Waals surface area contributed by atoms with Crippen molar-refractivity contribution in [1.29, 1.82) is 5.26 Å². The second-order valence-electron chi connectivity index (χ2n) is 12.2. The van der Waals surface area contributed by atoms with E-state index in [2.05, 4.69) is 24.0 Å². The fraction of sp³-hybridized carbons (Fsp3) is 0.452. The highest BCUT2D eigenvalue weighted by molar-refractivity contribution is 7.18. The molecule has 3 fully saturated rings. The summed E-state index contributed by atoms with van der Waals surface area (Å²) >= 11 is 14.4. The van der Waals surface area contributed by atoms with Gasteiger partial charge in [-0.15, -0.1) is 11.3 Å². The molecule has 3 aliphatic carbocycles. The number of nitriles is 1. The van der Waals surface area contributed by atoms with E-state index >= 15 is 0 Å². The van der Waals surface area contributed by atoms with Crippen molar-refractivity contribution in [3.63, 3.8) is 0 Å². The van der Waals surface area contributed by atoms with Gasteiger partial charge in [-0.2, -0.15) is 5.26 Å². The third-order valence-corrected chi connectivity index (χ3v) is 11.1. The number of hydrogen-bond donors (Lipinski definition) is 1. The van der Waals surface area contributed by atoms with Crippen LogP contribution in [0.1, 0.15) is 73.8 Å². The Morgan fingerprint density at radius 1 is 1.24 bits per heavy atom. The van der Waals surface area contributed by atoms with Crippen LogP contribution in [0.15, 0.2) is 34.9 Å². The average Bonchev–Trinajstić information content (AvgIpc) is 3.51. The van der Waals surface area contributed by atoms with Gasteiger partial charge in [-0.3, -0.25) is 0 Å². The lowest BCUT2D eigenvalue weighted by Crippen LogP contribution is -2.50. The molecule has 7 rings (SSSR count). The number of nitrogens with zero attached hydrogens (tertiary/aromatic N) is 3. The van der Waals surface area contributed by atoms with Gasteiger partial charge in [-0.05, 0) is 81.0 Å². The van der Waals surface area contributed by atoms with Crippen molar-refractivity contribution in [2.75, 3.05) is 0 Å². The average molecular weight is 613 g/mol. The summed E-state index contributed by atoms with van der Waals surface area (Å²) < 4.78 is 27.9. The molecule has 2 aromatic carbocycles. The summed E-state index contributed by atoms with van der Waals surface area (Å²) in [5.74, 6) is 0.617. The molecule has 6 nitrogen and oxygen atoms in total. The molecule has 3 unspecified atom stereocenters. The predicted molar refractivity (Wildman–Crippen MR) is 155 cm³/mol. The zero-order valence-corrected chi connectivity index (χ0v) is 24.9. The molecule has 0 radical (unpaired) electrons. The molecule has 0 amide bonds. The van der Waals surface area contributed by atoms with Crippen molar-refractivity contribution in [1.82, 2.24) is 10.1 Å². The zero-order chi connectivity index (χ0) is 28.7. The van der Waals surface area contributed by atoms with E-state index in [-0.39, 0.29) is 35.4 Å². The zero-order valence-electron chi connectivity index (χ0n) is 22.6. The third-order valence-electron chi connectivity index (χ3n) is 9.31. The van der Waals surface area contributed by atoms with Crippen molar-refractivity contribution >= 4 is 44.8 Å². The SMILES string of the molecule is CC1C[C@@H]2CC(C)(OCc3c(-c4c(Cl)cccc4Cl)noc3C3CC3)CC1[C@]2(O)c1nc2c(F)cc(C#N)cc2s1. The number of aromatic nitrogens is 2. The van der Waals surface area contributed by atoms with Crippen LogP contribution in [0.5, 0.6) is 0 Å². The highest BCUT2D eigenvalue weighted by Gasteiger charge is 2.62. The molecule has 10 heteroatoms. The first-order chi connectivity index (χ1) is 19.6. The molecule has 41 heavy (non-hydrogen) atoms. The van der Waals surface area contributed by atoms with Gasteiger partial charge in [-0.25, -0.2) is 9.37 Å². The molecule has 2 heterocycles. The van der Waals surface area contributed by atoms with E-state index in [0.29, 0.717) is 49.8 Å². The Labute approximate surface area is 251 Å². The highest BCUT2D eigenvalue weighted by Crippen LogP contribution is 2.61. The maximum atomic E-state index is 14.7. The standard InChI is InChI=1S/C31H28Cl2FN3O3S/c1-15-8-18-11-30(2,12-20(15)31(18,38)29-36-27-23(34)9-16(13-35)10-24(27)41-29)39-14-19-26(37-40-28(19)17-6-7-17)25-21(32)4-3-5-22(25)33/h3-5,9-10,15,17-18,20,38H,6-8,11-12,14H2,1-2H3/t15?,18-,20?,30?,31+/m1/s1. The molecule has 2 aromatic heterocycles. The van der Waals surface area contributed by atoms with Gasteiger partial charge >= 0.3 is 0 Å². The Balaban J connectivity index is 1.19. The molecule has 3 aliphatic rings. The van der Waals surface area contributed by atoms with E-state index < -0.39 is 17.0 Å². The Hall–Kier alpha value is -2.54. The summed E-state index contributed by atoms with van der Waals surface area (Å²) in [6, 6.07) is 10.2. The fourth-order valence-electron chi connectivity index (χ4n) is 7.16. The Morgan fingerprint density at radius 3 is 2.68 bits per heavy atom. The number of hydrogen-bond acceptors (Lipinski definition) is 7. The van der Waals surface area contributed by atoms with Crippen LogP contribution in [0.2, 0.25) is 10.0 Å². The van der Waals surface area contributed by atoms with Crippen molar-refractivity contribution in [2.24, 2.45) is 17.8 Å². The Kier molecular flexibility index (Phi) is 6.49. The minimum absolute atomic E-state index is 0.108. The topological polar surface area (TPSA) is 92.2 Å². The first-order valence-electron chi connectivity index (χ1n) is 13.9. The lowest BCUT2D eigenvalue weighted by atomic mass is 9.67. The summed E-state index contributed by atoms with van der Waals surface area (Å²) in [6.07, 6.45) is 4.15. The van der Waals surface area contributed by atoms with Crippen LogP contribution < -0.4 is 0 Å². The molecule has 0 saturated heterocycles. The maximum absolute atomic E-state index is 14.7. The van der Waals surface area contributed by atoms with Gasteiger partial charge in [-0.1, -0.05) is 41.3 Å². The molecule has 4 aromatic rings. The first kappa shape index (κ1) is 27.3. The number of thiazole rings is 1. The summed E-state index contributed by atoms with van der Waals surface area (Å²) in [4.78, 5) is 4.59. The summed E-state index contributed by atoms with van der Waals surface area (Å²) in [5.41, 5.74) is 0.891. The van der Waals surface area contributed by atoms with Crippen LogP contribution in [0.3, 0.4) is 0 Å². The van der Waals surface area contributed by atoms with Crippen molar-refractivity contribution in [3.8, 4) is 17.3 Å². The molecule has 5 atom stereocenters. The van der Waals surface area contributed by atoms with Crippen LogP contribution >= 0.6 is 34.5 Å². The van der Waals surface area contributed by atoms with E-state index in [9.17, 15) is 14.8 Å². The minimum Gasteiger partial charge on any atom is -0.382 e. The van der Waals surface area contributed by atoms with Gasteiger partial charge in [0.1, 0.15) is 27.6 Å². The van der Waals surface area contributed by atoms with Gasteiger partial charge < -0.3 is 14.4 Å². The Morgan fingerprint density at radius 2 is 2.00 bits per heavy atom. The third kappa shape index (κ3) is 4.40. The monoisotopic (exact) mass is 611 g/mol. The van der Waals surface area contributed by atoms with Crippen LogP contribution in [-0.4, -0.2) is 20.8 Å². The fourth-order valence-corrected chi connectivity index (χ4v) is 8.99. The van der Waals surface area contributed by atoms with Gasteiger partial charge in [0, 0.05) is 17.0 Å². The van der Waals surface area contributed by atoms with Crippen LogP contribution in [0, 0.1) is 34.9 Å². The molecular weight excluding hydrogens is 584 g/mol. The largest absolute Gasteiger partial charge is 0.382 e. The van der Waals surface area contributed by atoms with Crippen LogP contribution in [-0.2, 0) is 16.9 Å². The second kappa shape index (κ2) is 9.75. The molecule has 1 N–H and O–H groups in total. The van der Waals surface area contributed by atoms with Gasteiger partial charge in [0.15, 0.2) is 5.82 Å². The van der Waals surface area contributed by atoms with Crippen molar-refractivity contribution < 1.29 is 18.8 Å². The molecule has 0 spiro atoms. The number of aliphatic hydroxyl groups is 1. The lowest BCUT2D eigenvalue weighted by molar-refractivity contribution is -0.161. The van der Waals surface area contributed by atoms with Crippen LogP contribution in [0.4, 0.5) is 4.39 Å². The molecule has 212 valence electrons. The lowest BCUT2D eigenvalue weighted by Gasteiger charge is -2.47. The predicted octanol–water partition coefficient (Wildman–Crippen LogP) is 8.38. The Bertz CT molecular complexity index is 1710. The molecule has 3 saturated carbocycles. The normalized spacial score (nSPS) is 29.2. The van der Waals surface area contributed by atoms with E-state index in [0.717, 1.165) is 30.6 Å². The van der Waals surface area contributed by atoms with E-state index in [1.54, 1.807) is 24.3 Å². The van der Waals surface area contributed by atoms with Crippen molar-refractivity contribution in [3.05, 3.63) is 68.1 Å². The number of halogens is 3. The number of fused-ring (bicyclic) bond motifs is 3. The molecular formula is C31H28Cl2FN3O3S. The summed E-state index contributed by atoms with van der Waals surface area (Å²) in [6.45, 7) is 4.55. The van der Waals surface area contributed by atoms with Gasteiger partial charge in [0.05, 0.1) is 38.6 Å². The summed E-state index contributed by atoms with van der Waals surface area (Å²) in [7, 11) is 0. The quantitative estimate of drug-likeness (QED) is 0.235. The number of ether oxygens (including phenoxy) is 1. The minimum atomic E-state index is -1.18. The van der Waals surface area contributed by atoms with E-state index in [1.165, 1.54) is 17.4 Å². The van der Waals surface area contributed by atoms with Crippen LogP contribution in [0.25, 0.3) is 21.5 Å². The second-order valence-corrected chi connectivity index (χ2v) is 14.0. The van der Waals surface area contributed by atoms with Crippen molar-refractivity contribution in [2.45, 2.75) is 69.7 Å². The van der Waals surface area contributed by atoms with E-state index in [1.807, 2.05) is 6.07 Å². The first-order valence-corrected chi connectivity index (χ1v) is 15.5. The number of rotatable bonds is 6. The van der Waals surface area contributed by atoms with Gasteiger partial charge in [0.2, 0.25) is 0 Å². The maximum Gasteiger partial charge on any atom is 0.151 e. The van der Waals surface area contributed by atoms with Gasteiger partial charge in [0.25, 0.3) is 0 Å². The molecule has 0 aliphatic heterocycles. The summed E-state index contributed by atoms with van der Waals surface area (Å²) in [5, 5.41) is 27.4. The smallest absolute Gasteiger partial charge is 0.151 e. The number of benzene rings is 2. The molecule has 2 bridgehead atoms.